The first-order valence-corrected chi connectivity index (χ1v) is 8.87. The Morgan fingerprint density at radius 1 is 1.17 bits per heavy atom. The molecule has 1 aromatic rings. The van der Waals surface area contributed by atoms with Gasteiger partial charge in [-0.2, -0.15) is 0 Å². The molecule has 1 heterocycles. The predicted molar refractivity (Wildman–Crippen MR) is 89.3 cm³/mol. The molecule has 2 bridgehead atoms. The highest BCUT2D eigenvalue weighted by atomic mass is 16.5. The smallest absolute Gasteiger partial charge is 0.121 e. The van der Waals surface area contributed by atoms with E-state index in [1.54, 1.807) is 0 Å². The Kier molecular flexibility index (Phi) is 3.18. The minimum absolute atomic E-state index is 0.0246. The summed E-state index contributed by atoms with van der Waals surface area (Å²) < 4.78 is 6.20. The van der Waals surface area contributed by atoms with Crippen molar-refractivity contribution in [3.63, 3.8) is 0 Å². The lowest BCUT2D eigenvalue weighted by Gasteiger charge is -2.51. The molecule has 4 rings (SSSR count). The van der Waals surface area contributed by atoms with Gasteiger partial charge in [0.15, 0.2) is 0 Å². The van der Waals surface area contributed by atoms with Gasteiger partial charge in [-0.25, -0.2) is 0 Å². The van der Waals surface area contributed by atoms with E-state index in [-0.39, 0.29) is 23.0 Å². The quantitative estimate of drug-likeness (QED) is 0.826. The summed E-state index contributed by atoms with van der Waals surface area (Å²) in [5.74, 6) is 1.37. The monoisotopic (exact) mass is 316 g/mol. The van der Waals surface area contributed by atoms with E-state index in [0.717, 1.165) is 37.0 Å². The van der Waals surface area contributed by atoms with Crippen LogP contribution in [0.3, 0.4) is 0 Å². The second-order valence-electron chi connectivity index (χ2n) is 8.75. The fraction of sp³-hybridized carbons (Fsp3) is 0.700. The molecule has 0 radical (unpaired) electrons. The number of hydrogen-bond donors (Lipinski definition) is 2. The number of benzene rings is 1. The maximum Gasteiger partial charge on any atom is 0.121 e. The summed E-state index contributed by atoms with van der Waals surface area (Å²) in [7, 11) is 0. The topological polar surface area (TPSA) is 49.7 Å². The molecular weight excluding hydrogens is 288 g/mol. The van der Waals surface area contributed by atoms with Crippen LogP contribution in [0.25, 0.3) is 0 Å². The summed E-state index contributed by atoms with van der Waals surface area (Å²) in [6.45, 7) is 9.08. The number of aryl methyl sites for hydroxylation is 2. The van der Waals surface area contributed by atoms with E-state index in [9.17, 15) is 10.2 Å². The summed E-state index contributed by atoms with van der Waals surface area (Å²) in [5, 5.41) is 21.1. The van der Waals surface area contributed by atoms with Gasteiger partial charge < -0.3 is 14.9 Å². The molecule has 0 amide bonds. The van der Waals surface area contributed by atoms with Crippen molar-refractivity contribution in [2.24, 2.45) is 22.7 Å². The van der Waals surface area contributed by atoms with Gasteiger partial charge in [0.05, 0.1) is 12.2 Å². The van der Waals surface area contributed by atoms with Crippen LogP contribution in [0, 0.1) is 36.5 Å². The average molecular weight is 316 g/mol. The lowest BCUT2D eigenvalue weighted by Crippen LogP contribution is -2.51. The van der Waals surface area contributed by atoms with Crippen molar-refractivity contribution in [1.82, 2.24) is 0 Å². The highest BCUT2D eigenvalue weighted by Crippen LogP contribution is 2.70. The Balaban J connectivity index is 1.73. The zero-order chi connectivity index (χ0) is 16.6. The molecule has 1 spiro atoms. The fourth-order valence-corrected chi connectivity index (χ4v) is 5.90. The first-order valence-electron chi connectivity index (χ1n) is 8.87. The maximum absolute atomic E-state index is 11.1. The Morgan fingerprint density at radius 3 is 2.43 bits per heavy atom. The van der Waals surface area contributed by atoms with E-state index in [4.69, 9.17) is 4.74 Å². The molecule has 0 aromatic heterocycles. The number of hydrogen-bond acceptors (Lipinski definition) is 3. The Hall–Kier alpha value is -1.06. The maximum atomic E-state index is 11.1. The van der Waals surface area contributed by atoms with E-state index in [1.165, 1.54) is 5.56 Å². The van der Waals surface area contributed by atoms with Crippen molar-refractivity contribution in [3.05, 3.63) is 28.8 Å². The predicted octanol–water partition coefficient (Wildman–Crippen LogP) is 3.88. The third-order valence-corrected chi connectivity index (χ3v) is 7.28. The van der Waals surface area contributed by atoms with Crippen molar-refractivity contribution < 1.29 is 14.9 Å². The van der Waals surface area contributed by atoms with E-state index in [1.807, 2.05) is 13.8 Å². The van der Waals surface area contributed by atoms with Crippen molar-refractivity contribution in [2.75, 3.05) is 6.61 Å². The number of fused-ring (bicyclic) bond motifs is 1. The third kappa shape index (κ3) is 1.90. The van der Waals surface area contributed by atoms with Crippen molar-refractivity contribution in [1.29, 1.82) is 0 Å². The second kappa shape index (κ2) is 4.73. The first kappa shape index (κ1) is 15.5. The van der Waals surface area contributed by atoms with Crippen LogP contribution < -0.4 is 0 Å². The average Bonchev–Trinajstić information content (AvgIpc) is 2.98. The highest BCUT2D eigenvalue weighted by molar-refractivity contribution is 5.43. The Labute approximate surface area is 138 Å². The third-order valence-electron chi connectivity index (χ3n) is 7.28. The lowest BCUT2D eigenvalue weighted by molar-refractivity contribution is -0.164. The summed E-state index contributed by atoms with van der Waals surface area (Å²) in [6.07, 6.45) is 3.09. The van der Waals surface area contributed by atoms with Crippen LogP contribution >= 0.6 is 0 Å². The standard InChI is InChI=1S/C20H28O3/c1-11-7-13(8-12(2)16(11)21)17-15-9-14-10-20(15,5-6-23-17)18(22)19(14,3)4/h7-8,14-15,17-18,21-22H,5-6,9-10H2,1-4H3/t14-,15-,17-,18-,20?/m1/s1. The molecule has 3 heteroatoms. The molecule has 3 fully saturated rings. The highest BCUT2D eigenvalue weighted by Gasteiger charge is 2.68. The molecule has 23 heavy (non-hydrogen) atoms. The van der Waals surface area contributed by atoms with E-state index in [2.05, 4.69) is 26.0 Å². The molecule has 1 unspecified atom stereocenters. The summed E-state index contributed by atoms with van der Waals surface area (Å²) in [6, 6.07) is 4.13. The summed E-state index contributed by atoms with van der Waals surface area (Å²) in [4.78, 5) is 0. The van der Waals surface area contributed by atoms with Crippen LogP contribution in [0.2, 0.25) is 0 Å². The zero-order valence-corrected chi connectivity index (χ0v) is 14.6. The lowest BCUT2D eigenvalue weighted by atomic mass is 9.60. The van der Waals surface area contributed by atoms with Gasteiger partial charge in [0.1, 0.15) is 5.75 Å². The molecule has 3 aliphatic rings. The number of phenols is 1. The SMILES string of the molecule is Cc1cc([C@H]2OCCC34C[C@@H](C[C@H]23)C(C)(C)[C@H]4O)cc(C)c1O. The summed E-state index contributed by atoms with van der Waals surface area (Å²) in [5.41, 5.74) is 3.04. The van der Waals surface area contributed by atoms with Gasteiger partial charge in [0, 0.05) is 12.0 Å². The van der Waals surface area contributed by atoms with Gasteiger partial charge >= 0.3 is 0 Å². The number of aliphatic hydroxyl groups is 1. The molecule has 5 atom stereocenters. The van der Waals surface area contributed by atoms with Crippen molar-refractivity contribution in [2.45, 2.75) is 59.2 Å². The van der Waals surface area contributed by atoms with E-state index < -0.39 is 0 Å². The van der Waals surface area contributed by atoms with Crippen LogP contribution in [-0.4, -0.2) is 22.9 Å². The number of rotatable bonds is 1. The molecule has 2 N–H and O–H groups in total. The van der Waals surface area contributed by atoms with Gasteiger partial charge in [-0.3, -0.25) is 0 Å². The molecule has 2 aliphatic carbocycles. The van der Waals surface area contributed by atoms with Crippen molar-refractivity contribution >= 4 is 0 Å². The molecule has 1 saturated heterocycles. The van der Waals surface area contributed by atoms with Gasteiger partial charge in [-0.1, -0.05) is 13.8 Å². The number of phenolic OH excluding ortho intramolecular Hbond substituents is 1. The molecule has 3 nitrogen and oxygen atoms in total. The number of ether oxygens (including phenoxy) is 1. The van der Waals surface area contributed by atoms with Gasteiger partial charge in [-0.05, 0) is 79.2 Å². The minimum Gasteiger partial charge on any atom is -0.507 e. The van der Waals surface area contributed by atoms with Crippen LogP contribution in [-0.2, 0) is 4.74 Å². The van der Waals surface area contributed by atoms with Gasteiger partial charge in [-0.15, -0.1) is 0 Å². The van der Waals surface area contributed by atoms with Gasteiger partial charge in [0.25, 0.3) is 0 Å². The first-order chi connectivity index (χ1) is 10.8. The summed E-state index contributed by atoms with van der Waals surface area (Å²) >= 11 is 0. The van der Waals surface area contributed by atoms with Crippen molar-refractivity contribution in [3.8, 4) is 5.75 Å². The van der Waals surface area contributed by atoms with Gasteiger partial charge in [0.2, 0.25) is 0 Å². The Bertz CT molecular complexity index is 627. The Morgan fingerprint density at radius 2 is 1.83 bits per heavy atom. The number of aliphatic hydroxyl groups excluding tert-OH is 1. The minimum atomic E-state index is -0.232. The van der Waals surface area contributed by atoms with E-state index >= 15 is 0 Å². The molecule has 1 aromatic carbocycles. The van der Waals surface area contributed by atoms with Crippen LogP contribution in [0.1, 0.15) is 55.9 Å². The molecule has 1 aliphatic heterocycles. The molecular formula is C20H28O3. The largest absolute Gasteiger partial charge is 0.507 e. The number of aromatic hydroxyl groups is 1. The van der Waals surface area contributed by atoms with Crippen LogP contribution in [0.5, 0.6) is 5.75 Å². The molecule has 126 valence electrons. The zero-order valence-electron chi connectivity index (χ0n) is 14.6. The van der Waals surface area contributed by atoms with Crippen LogP contribution in [0.15, 0.2) is 12.1 Å². The second-order valence-corrected chi connectivity index (χ2v) is 8.75. The van der Waals surface area contributed by atoms with Crippen LogP contribution in [0.4, 0.5) is 0 Å². The molecule has 2 saturated carbocycles. The fourth-order valence-electron chi connectivity index (χ4n) is 5.90. The normalized spacial score (nSPS) is 41.1. The van der Waals surface area contributed by atoms with E-state index in [0.29, 0.717) is 17.6 Å².